The van der Waals surface area contributed by atoms with Gasteiger partial charge in [-0.15, -0.1) is 0 Å². The maximum absolute atomic E-state index is 9.36. The summed E-state index contributed by atoms with van der Waals surface area (Å²) in [7, 11) is 0. The molecule has 0 aliphatic rings. The van der Waals surface area contributed by atoms with Crippen molar-refractivity contribution in [3.8, 4) is 5.88 Å². The quantitative estimate of drug-likeness (QED) is 0.692. The minimum Gasteiger partial charge on any atom is -0.477 e. The molecule has 2 aromatic rings. The van der Waals surface area contributed by atoms with Crippen LogP contribution in [0.5, 0.6) is 5.88 Å². The summed E-state index contributed by atoms with van der Waals surface area (Å²) in [6.07, 6.45) is 9.21. The summed E-state index contributed by atoms with van der Waals surface area (Å²) in [5.41, 5.74) is 0.845. The molecule has 0 radical (unpaired) electrons. The molecule has 1 aromatic heterocycles. The number of benzene rings is 1. The van der Waals surface area contributed by atoms with Crippen LogP contribution in [0.4, 0.5) is 0 Å². The van der Waals surface area contributed by atoms with E-state index in [1.165, 1.54) is 32.1 Å². The molecule has 3 heteroatoms. The van der Waals surface area contributed by atoms with Crippen molar-refractivity contribution in [1.29, 1.82) is 0 Å². The van der Waals surface area contributed by atoms with E-state index in [2.05, 4.69) is 11.9 Å². The van der Waals surface area contributed by atoms with E-state index >= 15 is 0 Å². The average Bonchev–Trinajstić information content (AvgIpc) is 2.54. The van der Waals surface area contributed by atoms with Gasteiger partial charge in [0.2, 0.25) is 5.88 Å². The van der Waals surface area contributed by atoms with Gasteiger partial charge in [0.05, 0.1) is 13.2 Å². The third-order valence-electron chi connectivity index (χ3n) is 3.75. The van der Waals surface area contributed by atoms with Crippen molar-refractivity contribution < 1.29 is 9.84 Å². The number of ether oxygens (including phenoxy) is 1. The summed E-state index contributed by atoms with van der Waals surface area (Å²) in [6.45, 7) is 2.95. The molecule has 3 nitrogen and oxygen atoms in total. The fourth-order valence-electron chi connectivity index (χ4n) is 2.52. The Bertz CT molecular complexity index is 554. The minimum absolute atomic E-state index is 0.00518. The predicted octanol–water partition coefficient (Wildman–Crippen LogP) is 4.47. The van der Waals surface area contributed by atoms with Gasteiger partial charge >= 0.3 is 0 Å². The van der Waals surface area contributed by atoms with E-state index in [-0.39, 0.29) is 6.61 Å². The molecular weight excluding hydrogens is 262 g/mol. The molecule has 0 fully saturated rings. The summed E-state index contributed by atoms with van der Waals surface area (Å²) < 4.78 is 5.83. The molecule has 0 bridgehead atoms. The number of fused-ring (bicyclic) bond motifs is 1. The van der Waals surface area contributed by atoms with Crippen LogP contribution in [0.15, 0.2) is 30.5 Å². The summed E-state index contributed by atoms with van der Waals surface area (Å²) in [5.74, 6) is 0.677. The van der Waals surface area contributed by atoms with Crippen LogP contribution in [0.25, 0.3) is 10.8 Å². The third-order valence-corrected chi connectivity index (χ3v) is 3.75. The number of aliphatic hydroxyl groups is 1. The van der Waals surface area contributed by atoms with Crippen LogP contribution < -0.4 is 4.74 Å². The van der Waals surface area contributed by atoms with Gasteiger partial charge in [0.25, 0.3) is 0 Å². The number of nitrogens with zero attached hydrogens (tertiary/aromatic N) is 1. The van der Waals surface area contributed by atoms with Crippen LogP contribution in [0.1, 0.15) is 51.0 Å². The predicted molar refractivity (Wildman–Crippen MR) is 86.5 cm³/mol. The second-order valence-electron chi connectivity index (χ2n) is 5.41. The smallest absolute Gasteiger partial charge is 0.221 e. The molecule has 0 unspecified atom stereocenters. The molecule has 0 spiro atoms. The zero-order valence-corrected chi connectivity index (χ0v) is 12.8. The van der Waals surface area contributed by atoms with Crippen molar-refractivity contribution in [2.45, 2.75) is 52.1 Å². The first-order valence-corrected chi connectivity index (χ1v) is 7.97. The van der Waals surface area contributed by atoms with E-state index in [0.717, 1.165) is 22.8 Å². The zero-order chi connectivity index (χ0) is 14.9. The van der Waals surface area contributed by atoms with Crippen LogP contribution in [0, 0.1) is 0 Å². The van der Waals surface area contributed by atoms with E-state index in [4.69, 9.17) is 4.74 Å². The second-order valence-corrected chi connectivity index (χ2v) is 5.41. The number of unbranched alkanes of at least 4 members (excludes halogenated alkanes) is 5. The van der Waals surface area contributed by atoms with E-state index in [0.29, 0.717) is 12.5 Å². The summed E-state index contributed by atoms with van der Waals surface area (Å²) >= 11 is 0. The highest BCUT2D eigenvalue weighted by Crippen LogP contribution is 2.26. The van der Waals surface area contributed by atoms with E-state index < -0.39 is 0 Å². The fourth-order valence-corrected chi connectivity index (χ4v) is 2.52. The Labute approximate surface area is 127 Å². The largest absolute Gasteiger partial charge is 0.477 e. The third kappa shape index (κ3) is 4.43. The number of pyridine rings is 1. The monoisotopic (exact) mass is 287 g/mol. The molecule has 0 aliphatic heterocycles. The molecule has 0 saturated heterocycles. The minimum atomic E-state index is 0.00518. The van der Waals surface area contributed by atoms with Gasteiger partial charge in [0, 0.05) is 17.1 Å². The first kappa shape index (κ1) is 15.8. The fraction of sp³-hybridized carbons (Fsp3) is 0.500. The summed E-state index contributed by atoms with van der Waals surface area (Å²) in [4.78, 5) is 4.34. The highest BCUT2D eigenvalue weighted by Gasteiger charge is 2.07. The van der Waals surface area contributed by atoms with Crippen molar-refractivity contribution in [3.63, 3.8) is 0 Å². The average molecular weight is 287 g/mol. The lowest BCUT2D eigenvalue weighted by Gasteiger charge is -2.10. The Balaban J connectivity index is 1.90. The Morgan fingerprint density at radius 1 is 1.00 bits per heavy atom. The Kier molecular flexibility index (Phi) is 6.48. The van der Waals surface area contributed by atoms with E-state index in [1.807, 2.05) is 24.3 Å². The van der Waals surface area contributed by atoms with E-state index in [1.54, 1.807) is 6.20 Å². The van der Waals surface area contributed by atoms with Crippen LogP contribution >= 0.6 is 0 Å². The van der Waals surface area contributed by atoms with Crippen molar-refractivity contribution in [3.05, 3.63) is 36.0 Å². The summed E-state index contributed by atoms with van der Waals surface area (Å²) in [5, 5.41) is 11.4. The molecule has 0 aliphatic carbocycles. The second kappa shape index (κ2) is 8.63. The van der Waals surface area contributed by atoms with Crippen molar-refractivity contribution in [2.75, 3.05) is 6.61 Å². The molecule has 2 rings (SSSR count). The molecule has 21 heavy (non-hydrogen) atoms. The van der Waals surface area contributed by atoms with Crippen molar-refractivity contribution in [2.24, 2.45) is 0 Å². The lowest BCUT2D eigenvalue weighted by molar-refractivity contribution is 0.281. The summed E-state index contributed by atoms with van der Waals surface area (Å²) in [6, 6.07) is 7.94. The Morgan fingerprint density at radius 2 is 1.71 bits per heavy atom. The molecule has 1 N–H and O–H groups in total. The van der Waals surface area contributed by atoms with Crippen LogP contribution in [-0.2, 0) is 6.61 Å². The van der Waals surface area contributed by atoms with E-state index in [9.17, 15) is 5.11 Å². The Morgan fingerprint density at radius 3 is 2.48 bits per heavy atom. The molecule has 114 valence electrons. The number of rotatable bonds is 9. The maximum atomic E-state index is 9.36. The number of hydrogen-bond acceptors (Lipinski definition) is 3. The van der Waals surface area contributed by atoms with Crippen LogP contribution in [-0.4, -0.2) is 16.7 Å². The molecule has 0 saturated carbocycles. The highest BCUT2D eigenvalue weighted by atomic mass is 16.5. The van der Waals surface area contributed by atoms with Crippen LogP contribution in [0.2, 0.25) is 0 Å². The number of aliphatic hydroxyl groups excluding tert-OH is 1. The standard InChI is InChI=1S/C18H25NO2/c1-2-3-4-5-6-9-12-21-18-17-11-8-7-10-16(17)15(14-20)13-19-18/h7-8,10-11,13,20H,2-6,9,12,14H2,1H3. The van der Waals surface area contributed by atoms with Gasteiger partial charge in [-0.3, -0.25) is 0 Å². The van der Waals surface area contributed by atoms with Gasteiger partial charge in [-0.2, -0.15) is 0 Å². The van der Waals surface area contributed by atoms with Crippen molar-refractivity contribution in [1.82, 2.24) is 4.98 Å². The van der Waals surface area contributed by atoms with Gasteiger partial charge in [0.1, 0.15) is 0 Å². The number of hydrogen-bond donors (Lipinski definition) is 1. The first-order chi connectivity index (χ1) is 10.4. The van der Waals surface area contributed by atoms with Gasteiger partial charge in [-0.25, -0.2) is 4.98 Å². The lowest BCUT2D eigenvalue weighted by Crippen LogP contribution is -2.01. The number of aromatic nitrogens is 1. The highest BCUT2D eigenvalue weighted by molar-refractivity contribution is 5.89. The first-order valence-electron chi connectivity index (χ1n) is 7.97. The van der Waals surface area contributed by atoms with Crippen LogP contribution in [0.3, 0.4) is 0 Å². The SMILES string of the molecule is CCCCCCCCOc1ncc(CO)c2ccccc12. The normalized spacial score (nSPS) is 11.0. The molecule has 0 amide bonds. The van der Waals surface area contributed by atoms with Crippen molar-refractivity contribution >= 4 is 10.8 Å². The van der Waals surface area contributed by atoms with Gasteiger partial charge in [-0.1, -0.05) is 57.2 Å². The van der Waals surface area contributed by atoms with Gasteiger partial charge in [0.15, 0.2) is 0 Å². The molecule has 1 aromatic carbocycles. The molecule has 1 heterocycles. The molecular formula is C18H25NO2. The molecule has 0 atom stereocenters. The van der Waals surface area contributed by atoms with Gasteiger partial charge < -0.3 is 9.84 Å². The van der Waals surface area contributed by atoms with Gasteiger partial charge in [-0.05, 0) is 17.9 Å². The topological polar surface area (TPSA) is 42.4 Å². The zero-order valence-electron chi connectivity index (χ0n) is 12.8. The maximum Gasteiger partial charge on any atom is 0.221 e. The Hall–Kier alpha value is -1.61. The lowest BCUT2D eigenvalue weighted by atomic mass is 10.1.